The fraction of sp³-hybridized carbons (Fsp3) is 1.00. The second kappa shape index (κ2) is 7.64. The minimum absolute atomic E-state index is 0.475. The average Bonchev–Trinajstić information content (AvgIpc) is 2.65. The van der Waals surface area contributed by atoms with E-state index in [0.717, 1.165) is 18.0 Å². The Labute approximate surface area is 120 Å². The fourth-order valence-corrected chi connectivity index (χ4v) is 4.20. The van der Waals surface area contributed by atoms with E-state index in [1.165, 1.54) is 70.6 Å². The van der Waals surface area contributed by atoms with E-state index in [9.17, 15) is 0 Å². The molecule has 0 saturated carbocycles. The molecule has 2 heteroatoms. The van der Waals surface area contributed by atoms with Crippen LogP contribution in [0.5, 0.6) is 0 Å². The summed E-state index contributed by atoms with van der Waals surface area (Å²) in [7, 11) is 2.32. The summed E-state index contributed by atoms with van der Waals surface area (Å²) >= 11 is 0. The van der Waals surface area contributed by atoms with Crippen molar-refractivity contribution in [2.45, 2.75) is 95.7 Å². The van der Waals surface area contributed by atoms with Gasteiger partial charge in [-0.2, -0.15) is 0 Å². The highest BCUT2D eigenvalue weighted by Gasteiger charge is 2.39. The minimum atomic E-state index is 0.475. The molecule has 2 nitrogen and oxygen atoms in total. The van der Waals surface area contributed by atoms with Crippen molar-refractivity contribution in [2.75, 3.05) is 7.05 Å². The molecular weight excluding hydrogens is 232 g/mol. The Hall–Kier alpha value is -0.0800. The van der Waals surface area contributed by atoms with E-state index in [1.54, 1.807) is 0 Å². The molecule has 2 N–H and O–H groups in total. The van der Waals surface area contributed by atoms with Gasteiger partial charge >= 0.3 is 0 Å². The monoisotopic (exact) mass is 266 g/mol. The summed E-state index contributed by atoms with van der Waals surface area (Å²) in [6.07, 6.45) is 15.2. The molecule has 3 atom stereocenters. The van der Waals surface area contributed by atoms with Crippen molar-refractivity contribution in [1.82, 2.24) is 4.90 Å². The Balaban J connectivity index is 1.60. The third-order valence-corrected chi connectivity index (χ3v) is 5.63. The summed E-state index contributed by atoms with van der Waals surface area (Å²) < 4.78 is 0. The summed E-state index contributed by atoms with van der Waals surface area (Å²) in [6.45, 7) is 2.28. The number of hydrogen-bond donors (Lipinski definition) is 1. The predicted octanol–water partition coefficient (Wildman–Crippen LogP) is 3.94. The van der Waals surface area contributed by atoms with Crippen molar-refractivity contribution < 1.29 is 0 Å². The molecule has 112 valence electrons. The molecule has 2 saturated heterocycles. The van der Waals surface area contributed by atoms with Crippen LogP contribution in [-0.2, 0) is 0 Å². The maximum Gasteiger partial charge on any atom is 0.00989 e. The third kappa shape index (κ3) is 4.19. The van der Waals surface area contributed by atoms with Crippen molar-refractivity contribution >= 4 is 0 Å². The Kier molecular flexibility index (Phi) is 6.15. The highest BCUT2D eigenvalue weighted by Crippen LogP contribution is 2.39. The number of nitrogens with zero attached hydrogens (tertiary/aromatic N) is 1. The summed E-state index contributed by atoms with van der Waals surface area (Å²) in [5.74, 6) is 0.810. The van der Waals surface area contributed by atoms with E-state index in [-0.39, 0.29) is 0 Å². The summed E-state index contributed by atoms with van der Waals surface area (Å²) in [4.78, 5) is 2.62. The fourth-order valence-electron chi connectivity index (χ4n) is 4.20. The molecule has 0 aromatic carbocycles. The van der Waals surface area contributed by atoms with Gasteiger partial charge in [-0.3, -0.25) is 0 Å². The molecule has 0 amide bonds. The molecule has 0 aromatic heterocycles. The van der Waals surface area contributed by atoms with Gasteiger partial charge in [0.25, 0.3) is 0 Å². The van der Waals surface area contributed by atoms with Gasteiger partial charge in [0.05, 0.1) is 0 Å². The standard InChI is InChI=1S/C17H34N2/c1-3-4-5-6-7-8-9-17(18)14-12-15-10-11-16(13-14)19(15)2/h14-17H,3-13,18H2,1-2H3. The molecule has 0 aromatic rings. The Bertz CT molecular complexity index is 240. The van der Waals surface area contributed by atoms with Gasteiger partial charge in [0.1, 0.15) is 0 Å². The second-order valence-corrected chi connectivity index (χ2v) is 7.00. The van der Waals surface area contributed by atoms with Gasteiger partial charge < -0.3 is 10.6 Å². The first kappa shape index (κ1) is 15.3. The first-order chi connectivity index (χ1) is 9.22. The smallest absolute Gasteiger partial charge is 0.00989 e. The zero-order chi connectivity index (χ0) is 13.7. The van der Waals surface area contributed by atoms with Gasteiger partial charge in [0, 0.05) is 18.1 Å². The van der Waals surface area contributed by atoms with Crippen LogP contribution in [0.3, 0.4) is 0 Å². The molecule has 2 bridgehead atoms. The van der Waals surface area contributed by atoms with Crippen LogP contribution in [0.15, 0.2) is 0 Å². The third-order valence-electron chi connectivity index (χ3n) is 5.63. The second-order valence-electron chi connectivity index (χ2n) is 7.00. The van der Waals surface area contributed by atoms with Gasteiger partial charge in [-0.1, -0.05) is 45.4 Å². The lowest BCUT2D eigenvalue weighted by Gasteiger charge is -2.38. The van der Waals surface area contributed by atoms with Crippen molar-refractivity contribution in [1.29, 1.82) is 0 Å². The first-order valence-corrected chi connectivity index (χ1v) is 8.70. The van der Waals surface area contributed by atoms with E-state index >= 15 is 0 Å². The molecule has 2 aliphatic heterocycles. The van der Waals surface area contributed by atoms with Crippen molar-refractivity contribution in [3.8, 4) is 0 Å². The molecule has 2 fully saturated rings. The van der Waals surface area contributed by atoms with Crippen molar-refractivity contribution in [3.63, 3.8) is 0 Å². The van der Waals surface area contributed by atoms with Crippen molar-refractivity contribution in [2.24, 2.45) is 11.7 Å². The number of hydrogen-bond acceptors (Lipinski definition) is 2. The molecule has 0 aliphatic carbocycles. The van der Waals surface area contributed by atoms with E-state index in [0.29, 0.717) is 6.04 Å². The van der Waals surface area contributed by atoms with Crippen LogP contribution in [0.2, 0.25) is 0 Å². The average molecular weight is 266 g/mol. The number of rotatable bonds is 8. The van der Waals surface area contributed by atoms with E-state index in [4.69, 9.17) is 5.73 Å². The highest BCUT2D eigenvalue weighted by atomic mass is 15.2. The predicted molar refractivity (Wildman–Crippen MR) is 83.3 cm³/mol. The molecule has 0 radical (unpaired) electrons. The number of unbranched alkanes of at least 4 members (excludes halogenated alkanes) is 5. The van der Waals surface area contributed by atoms with Crippen LogP contribution in [0.1, 0.15) is 77.6 Å². The Morgan fingerprint density at radius 1 is 1.00 bits per heavy atom. The zero-order valence-corrected chi connectivity index (χ0v) is 13.1. The van der Waals surface area contributed by atoms with Crippen molar-refractivity contribution in [3.05, 3.63) is 0 Å². The lowest BCUT2D eigenvalue weighted by Crippen LogP contribution is -2.45. The summed E-state index contributed by atoms with van der Waals surface area (Å²) in [6, 6.07) is 2.17. The summed E-state index contributed by atoms with van der Waals surface area (Å²) in [5, 5.41) is 0. The Morgan fingerprint density at radius 3 is 2.21 bits per heavy atom. The number of piperidine rings is 1. The maximum atomic E-state index is 6.47. The quantitative estimate of drug-likeness (QED) is 0.674. The van der Waals surface area contributed by atoms with Gasteiger partial charge in [0.2, 0.25) is 0 Å². The van der Waals surface area contributed by atoms with Crippen LogP contribution in [0, 0.1) is 5.92 Å². The zero-order valence-electron chi connectivity index (χ0n) is 13.1. The largest absolute Gasteiger partial charge is 0.327 e. The van der Waals surface area contributed by atoms with E-state index in [2.05, 4.69) is 18.9 Å². The first-order valence-electron chi connectivity index (χ1n) is 8.70. The number of nitrogens with two attached hydrogens (primary N) is 1. The molecule has 2 aliphatic rings. The molecule has 19 heavy (non-hydrogen) atoms. The van der Waals surface area contributed by atoms with Gasteiger partial charge in [0.15, 0.2) is 0 Å². The van der Waals surface area contributed by atoms with Crippen LogP contribution in [-0.4, -0.2) is 30.1 Å². The normalized spacial score (nSPS) is 32.7. The van der Waals surface area contributed by atoms with Crippen LogP contribution >= 0.6 is 0 Å². The molecule has 2 rings (SSSR count). The Morgan fingerprint density at radius 2 is 1.58 bits per heavy atom. The van der Waals surface area contributed by atoms with Gasteiger partial charge in [-0.15, -0.1) is 0 Å². The minimum Gasteiger partial charge on any atom is -0.327 e. The molecule has 2 heterocycles. The number of fused-ring (bicyclic) bond motifs is 2. The molecule has 0 spiro atoms. The lowest BCUT2D eigenvalue weighted by molar-refractivity contribution is 0.118. The van der Waals surface area contributed by atoms with Crippen LogP contribution < -0.4 is 5.73 Å². The van der Waals surface area contributed by atoms with Crippen LogP contribution in [0.4, 0.5) is 0 Å². The van der Waals surface area contributed by atoms with E-state index in [1.807, 2.05) is 0 Å². The lowest BCUT2D eigenvalue weighted by atomic mass is 9.83. The van der Waals surface area contributed by atoms with Gasteiger partial charge in [-0.05, 0) is 45.1 Å². The molecular formula is C17H34N2. The maximum absolute atomic E-state index is 6.47. The van der Waals surface area contributed by atoms with E-state index < -0.39 is 0 Å². The van der Waals surface area contributed by atoms with Crippen LogP contribution in [0.25, 0.3) is 0 Å². The SMILES string of the molecule is CCCCCCCCC(N)C1CC2CCC(C1)N2C. The topological polar surface area (TPSA) is 29.3 Å². The highest BCUT2D eigenvalue weighted by molar-refractivity contribution is 4.95. The molecule has 3 unspecified atom stereocenters. The summed E-state index contributed by atoms with van der Waals surface area (Å²) in [5.41, 5.74) is 6.47. The van der Waals surface area contributed by atoms with Gasteiger partial charge in [-0.25, -0.2) is 0 Å².